The van der Waals surface area contributed by atoms with Crippen LogP contribution < -0.4 is 10.5 Å². The molecule has 0 aromatic heterocycles. The molecule has 20 heavy (non-hydrogen) atoms. The van der Waals surface area contributed by atoms with Crippen molar-refractivity contribution < 1.29 is 17.9 Å². The average molecular weight is 288 g/mol. The van der Waals surface area contributed by atoms with E-state index in [4.69, 9.17) is 10.5 Å². The summed E-state index contributed by atoms with van der Waals surface area (Å²) >= 11 is 0. The number of likely N-dealkylation sites (tertiary alicyclic amines) is 1. The van der Waals surface area contributed by atoms with Crippen molar-refractivity contribution in [2.75, 3.05) is 25.4 Å². The number of alkyl halides is 3. The van der Waals surface area contributed by atoms with Gasteiger partial charge in [-0.2, -0.15) is 13.2 Å². The Labute approximate surface area is 116 Å². The second-order valence-corrected chi connectivity index (χ2v) is 5.00. The van der Waals surface area contributed by atoms with Gasteiger partial charge in [0, 0.05) is 18.8 Å². The van der Waals surface area contributed by atoms with Gasteiger partial charge in [0.05, 0.1) is 5.56 Å². The van der Waals surface area contributed by atoms with E-state index >= 15 is 0 Å². The van der Waals surface area contributed by atoms with E-state index in [1.807, 2.05) is 0 Å². The molecule has 1 saturated heterocycles. The number of nitrogen functional groups attached to an aromatic ring is 1. The van der Waals surface area contributed by atoms with Gasteiger partial charge in [-0.25, -0.2) is 0 Å². The predicted octanol–water partition coefficient (Wildman–Crippen LogP) is 3.15. The minimum atomic E-state index is -4.45. The summed E-state index contributed by atoms with van der Waals surface area (Å²) < 4.78 is 44.4. The monoisotopic (exact) mass is 288 g/mol. The van der Waals surface area contributed by atoms with E-state index < -0.39 is 11.7 Å². The molecule has 0 bridgehead atoms. The van der Waals surface area contributed by atoms with Gasteiger partial charge >= 0.3 is 6.18 Å². The molecule has 0 radical (unpaired) electrons. The Morgan fingerprint density at radius 3 is 2.50 bits per heavy atom. The molecule has 112 valence electrons. The summed E-state index contributed by atoms with van der Waals surface area (Å²) in [5.74, 6) is -0.123. The second-order valence-electron chi connectivity index (χ2n) is 5.00. The maximum atomic E-state index is 13.0. The van der Waals surface area contributed by atoms with Gasteiger partial charge in [-0.3, -0.25) is 0 Å². The Morgan fingerprint density at radius 1 is 1.30 bits per heavy atom. The summed E-state index contributed by atoms with van der Waals surface area (Å²) in [7, 11) is 0. The van der Waals surface area contributed by atoms with Crippen LogP contribution in [0.2, 0.25) is 0 Å². The Kier molecular flexibility index (Phi) is 4.42. The lowest BCUT2D eigenvalue weighted by Gasteiger charge is -2.31. The summed E-state index contributed by atoms with van der Waals surface area (Å²) in [6.45, 7) is 4.75. The number of benzene rings is 1. The topological polar surface area (TPSA) is 38.5 Å². The lowest BCUT2D eigenvalue weighted by atomic mass is 10.1. The van der Waals surface area contributed by atoms with Crippen molar-refractivity contribution >= 4 is 5.69 Å². The molecular weight excluding hydrogens is 269 g/mol. The Hall–Kier alpha value is -1.43. The number of ether oxygens (including phenoxy) is 1. The average Bonchev–Trinajstić information content (AvgIpc) is 2.40. The zero-order valence-electron chi connectivity index (χ0n) is 11.4. The zero-order valence-corrected chi connectivity index (χ0v) is 11.4. The van der Waals surface area contributed by atoms with Crippen LogP contribution >= 0.6 is 0 Å². The SMILES string of the molecule is CCN1CCC(Oc2ccc(N)cc2C(F)(F)F)CC1. The van der Waals surface area contributed by atoms with Crippen LogP contribution in [0, 0.1) is 0 Å². The molecule has 0 spiro atoms. The molecular formula is C14H19F3N2O. The summed E-state index contributed by atoms with van der Waals surface area (Å²) in [5.41, 5.74) is 4.72. The van der Waals surface area contributed by atoms with Crippen LogP contribution in [0.25, 0.3) is 0 Å². The zero-order chi connectivity index (χ0) is 14.8. The Balaban J connectivity index is 2.10. The molecule has 1 aliphatic rings. The van der Waals surface area contributed by atoms with E-state index in [2.05, 4.69) is 11.8 Å². The van der Waals surface area contributed by atoms with Gasteiger partial charge in [-0.15, -0.1) is 0 Å². The highest BCUT2D eigenvalue weighted by atomic mass is 19.4. The fraction of sp³-hybridized carbons (Fsp3) is 0.571. The van der Waals surface area contributed by atoms with Gasteiger partial charge in [0.1, 0.15) is 11.9 Å². The van der Waals surface area contributed by atoms with Crippen LogP contribution in [0.5, 0.6) is 5.75 Å². The smallest absolute Gasteiger partial charge is 0.420 e. The van der Waals surface area contributed by atoms with Crippen LogP contribution in [0.3, 0.4) is 0 Å². The van der Waals surface area contributed by atoms with E-state index in [1.54, 1.807) is 0 Å². The minimum Gasteiger partial charge on any atom is -0.490 e. The van der Waals surface area contributed by atoms with Gasteiger partial charge in [0.2, 0.25) is 0 Å². The molecule has 1 aromatic rings. The molecule has 3 nitrogen and oxygen atoms in total. The lowest BCUT2D eigenvalue weighted by Crippen LogP contribution is -2.38. The number of rotatable bonds is 3. The molecule has 0 atom stereocenters. The number of nitrogens with two attached hydrogens (primary N) is 1. The third-order valence-corrected chi connectivity index (χ3v) is 3.58. The second kappa shape index (κ2) is 5.91. The molecule has 1 fully saturated rings. The fourth-order valence-electron chi connectivity index (χ4n) is 2.39. The van der Waals surface area contributed by atoms with Crippen molar-refractivity contribution in [2.24, 2.45) is 0 Å². The molecule has 1 heterocycles. The minimum absolute atomic E-state index is 0.0884. The first kappa shape index (κ1) is 15.0. The molecule has 1 aliphatic heterocycles. The van der Waals surface area contributed by atoms with Crippen molar-refractivity contribution in [3.8, 4) is 5.75 Å². The third kappa shape index (κ3) is 3.56. The van der Waals surface area contributed by atoms with Crippen LogP contribution in [-0.2, 0) is 6.18 Å². The number of halogens is 3. The van der Waals surface area contributed by atoms with Crippen LogP contribution in [-0.4, -0.2) is 30.6 Å². The number of anilines is 1. The highest BCUT2D eigenvalue weighted by Gasteiger charge is 2.35. The van der Waals surface area contributed by atoms with Gasteiger partial charge < -0.3 is 15.4 Å². The van der Waals surface area contributed by atoms with E-state index in [1.165, 1.54) is 12.1 Å². The molecule has 0 aliphatic carbocycles. The number of nitrogens with zero attached hydrogens (tertiary/aromatic N) is 1. The van der Waals surface area contributed by atoms with Gasteiger partial charge in [-0.1, -0.05) is 6.92 Å². The predicted molar refractivity (Wildman–Crippen MR) is 71.6 cm³/mol. The van der Waals surface area contributed by atoms with Gasteiger partial charge in [0.25, 0.3) is 0 Å². The Bertz CT molecular complexity index is 454. The standard InChI is InChI=1S/C14H19F3N2O/c1-2-19-7-5-11(6-8-19)20-13-4-3-10(18)9-12(13)14(15,16)17/h3-4,9,11H,2,5-8,18H2,1H3. The van der Waals surface area contributed by atoms with Crippen LogP contribution in [0.1, 0.15) is 25.3 Å². The molecule has 1 aromatic carbocycles. The number of hydrogen-bond acceptors (Lipinski definition) is 3. The molecule has 2 rings (SSSR count). The molecule has 0 unspecified atom stereocenters. The summed E-state index contributed by atoms with van der Waals surface area (Å²) in [6, 6.07) is 3.67. The van der Waals surface area contributed by atoms with Crippen molar-refractivity contribution in [2.45, 2.75) is 32.0 Å². The van der Waals surface area contributed by atoms with Crippen molar-refractivity contribution in [3.63, 3.8) is 0 Å². The number of piperidine rings is 1. The van der Waals surface area contributed by atoms with Gasteiger partial charge in [-0.05, 0) is 37.6 Å². The van der Waals surface area contributed by atoms with E-state index in [0.29, 0.717) is 0 Å². The van der Waals surface area contributed by atoms with Crippen LogP contribution in [0.4, 0.5) is 18.9 Å². The molecule has 0 saturated carbocycles. The summed E-state index contributed by atoms with van der Waals surface area (Å²) in [6.07, 6.45) is -3.12. The third-order valence-electron chi connectivity index (χ3n) is 3.58. The van der Waals surface area contributed by atoms with Crippen LogP contribution in [0.15, 0.2) is 18.2 Å². The van der Waals surface area contributed by atoms with Crippen molar-refractivity contribution in [1.29, 1.82) is 0 Å². The lowest BCUT2D eigenvalue weighted by molar-refractivity contribution is -0.139. The first-order valence-corrected chi connectivity index (χ1v) is 6.76. The summed E-state index contributed by atoms with van der Waals surface area (Å²) in [4.78, 5) is 2.26. The normalized spacial score (nSPS) is 18.2. The van der Waals surface area contributed by atoms with Gasteiger partial charge in [0.15, 0.2) is 0 Å². The molecule has 2 N–H and O–H groups in total. The van der Waals surface area contributed by atoms with E-state index in [0.717, 1.165) is 38.5 Å². The first-order chi connectivity index (χ1) is 9.40. The fourth-order valence-corrected chi connectivity index (χ4v) is 2.39. The maximum absolute atomic E-state index is 13.0. The number of hydrogen-bond donors (Lipinski definition) is 1. The first-order valence-electron chi connectivity index (χ1n) is 6.76. The largest absolute Gasteiger partial charge is 0.490 e. The highest BCUT2D eigenvalue weighted by molar-refractivity contribution is 5.49. The van der Waals surface area contributed by atoms with E-state index in [9.17, 15) is 13.2 Å². The quantitative estimate of drug-likeness (QED) is 0.868. The Morgan fingerprint density at radius 2 is 1.95 bits per heavy atom. The van der Waals surface area contributed by atoms with E-state index in [-0.39, 0.29) is 17.5 Å². The van der Waals surface area contributed by atoms with Crippen molar-refractivity contribution in [3.05, 3.63) is 23.8 Å². The molecule has 0 amide bonds. The maximum Gasteiger partial charge on any atom is 0.420 e. The molecule has 6 heteroatoms. The van der Waals surface area contributed by atoms with Crippen molar-refractivity contribution in [1.82, 2.24) is 4.90 Å². The summed E-state index contributed by atoms with van der Waals surface area (Å²) in [5, 5.41) is 0. The highest BCUT2D eigenvalue weighted by Crippen LogP contribution is 2.38.